The van der Waals surface area contributed by atoms with Crippen molar-refractivity contribution in [2.24, 2.45) is 5.92 Å². The van der Waals surface area contributed by atoms with E-state index >= 15 is 0 Å². The van der Waals surface area contributed by atoms with Gasteiger partial charge in [0, 0.05) is 25.2 Å². The second-order valence-corrected chi connectivity index (χ2v) is 9.03. The van der Waals surface area contributed by atoms with Crippen LogP contribution in [0.3, 0.4) is 0 Å². The van der Waals surface area contributed by atoms with Gasteiger partial charge < -0.3 is 4.90 Å². The Hall–Kier alpha value is -2.18. The van der Waals surface area contributed by atoms with E-state index in [2.05, 4.69) is 11.6 Å². The van der Waals surface area contributed by atoms with Crippen molar-refractivity contribution in [3.8, 4) is 0 Å². The Labute approximate surface area is 161 Å². The van der Waals surface area contributed by atoms with Crippen molar-refractivity contribution >= 4 is 15.9 Å². The topological polar surface area (TPSA) is 66.5 Å². The standard InChI is InChI=1S/C21H26N2O3S/c1-16-10-12-23(13-11-16)21(24)20-14-19(9-8-17(20)2)27(25,26)22-15-18-6-4-3-5-7-18/h3-9,14,16,22H,10-13,15H2,1-2H3. The number of hydrogen-bond donors (Lipinski definition) is 1. The molecule has 0 spiro atoms. The van der Waals surface area contributed by atoms with Gasteiger partial charge in [-0.2, -0.15) is 0 Å². The number of benzene rings is 2. The van der Waals surface area contributed by atoms with Gasteiger partial charge in [-0.25, -0.2) is 13.1 Å². The molecule has 1 heterocycles. The first kappa shape index (κ1) is 19.6. The fraction of sp³-hybridized carbons (Fsp3) is 0.381. The van der Waals surface area contributed by atoms with Gasteiger partial charge >= 0.3 is 0 Å². The zero-order chi connectivity index (χ0) is 19.4. The third-order valence-corrected chi connectivity index (χ3v) is 6.53. The van der Waals surface area contributed by atoms with E-state index in [0.717, 1.165) is 37.1 Å². The number of nitrogens with one attached hydrogen (secondary N) is 1. The molecule has 2 aromatic rings. The van der Waals surface area contributed by atoms with Crippen molar-refractivity contribution in [1.29, 1.82) is 0 Å². The minimum Gasteiger partial charge on any atom is -0.339 e. The number of nitrogens with zero attached hydrogens (tertiary/aromatic N) is 1. The van der Waals surface area contributed by atoms with E-state index in [4.69, 9.17) is 0 Å². The van der Waals surface area contributed by atoms with E-state index in [1.807, 2.05) is 42.2 Å². The van der Waals surface area contributed by atoms with Gasteiger partial charge in [-0.3, -0.25) is 4.79 Å². The first-order valence-electron chi connectivity index (χ1n) is 9.30. The first-order valence-corrected chi connectivity index (χ1v) is 10.8. The number of carbonyl (C=O) groups excluding carboxylic acids is 1. The van der Waals surface area contributed by atoms with Crippen LogP contribution in [0.4, 0.5) is 0 Å². The lowest BCUT2D eigenvalue weighted by atomic mass is 9.98. The summed E-state index contributed by atoms with van der Waals surface area (Å²) in [5, 5.41) is 0. The highest BCUT2D eigenvalue weighted by atomic mass is 32.2. The number of likely N-dealkylation sites (tertiary alicyclic amines) is 1. The van der Waals surface area contributed by atoms with Crippen molar-refractivity contribution in [2.45, 2.75) is 38.1 Å². The molecule has 0 aromatic heterocycles. The average molecular weight is 387 g/mol. The lowest BCUT2D eigenvalue weighted by Crippen LogP contribution is -2.38. The number of amides is 1. The van der Waals surface area contributed by atoms with Gasteiger partial charge in [0.05, 0.1) is 4.90 Å². The van der Waals surface area contributed by atoms with E-state index in [-0.39, 0.29) is 17.3 Å². The predicted molar refractivity (Wildman–Crippen MR) is 106 cm³/mol. The molecule has 0 atom stereocenters. The summed E-state index contributed by atoms with van der Waals surface area (Å²) in [5.74, 6) is 0.545. The van der Waals surface area contributed by atoms with Gasteiger partial charge in [-0.1, -0.05) is 43.3 Å². The Morgan fingerprint density at radius 2 is 1.78 bits per heavy atom. The molecule has 1 aliphatic heterocycles. The summed E-state index contributed by atoms with van der Waals surface area (Å²) in [6.45, 7) is 5.70. The molecule has 1 fully saturated rings. The van der Waals surface area contributed by atoms with E-state index in [1.54, 1.807) is 12.1 Å². The van der Waals surface area contributed by atoms with E-state index in [9.17, 15) is 13.2 Å². The quantitative estimate of drug-likeness (QED) is 0.857. The predicted octanol–water partition coefficient (Wildman–Crippen LogP) is 3.35. The maximum Gasteiger partial charge on any atom is 0.254 e. The van der Waals surface area contributed by atoms with Crippen molar-refractivity contribution < 1.29 is 13.2 Å². The second kappa shape index (κ2) is 8.23. The number of sulfonamides is 1. The fourth-order valence-electron chi connectivity index (χ4n) is 3.24. The molecule has 0 saturated carbocycles. The van der Waals surface area contributed by atoms with Gasteiger partial charge in [-0.05, 0) is 48.9 Å². The summed E-state index contributed by atoms with van der Waals surface area (Å²) in [7, 11) is -3.69. The summed E-state index contributed by atoms with van der Waals surface area (Å²) in [6.07, 6.45) is 1.98. The van der Waals surface area contributed by atoms with E-state index in [1.165, 1.54) is 6.07 Å². The Balaban J connectivity index is 1.78. The minimum absolute atomic E-state index is 0.0838. The molecule has 0 unspecified atom stereocenters. The lowest BCUT2D eigenvalue weighted by Gasteiger charge is -2.30. The smallest absolute Gasteiger partial charge is 0.254 e. The monoisotopic (exact) mass is 386 g/mol. The molecule has 0 radical (unpaired) electrons. The summed E-state index contributed by atoms with van der Waals surface area (Å²) in [4.78, 5) is 14.8. The largest absolute Gasteiger partial charge is 0.339 e. The Morgan fingerprint density at radius 3 is 2.44 bits per heavy atom. The van der Waals surface area contributed by atoms with Crippen LogP contribution in [-0.4, -0.2) is 32.3 Å². The maximum atomic E-state index is 12.9. The van der Waals surface area contributed by atoms with Crippen molar-refractivity contribution in [1.82, 2.24) is 9.62 Å². The van der Waals surface area contributed by atoms with Crippen LogP contribution >= 0.6 is 0 Å². The van der Waals surface area contributed by atoms with Gasteiger partial charge in [0.15, 0.2) is 0 Å². The molecule has 2 aromatic carbocycles. The highest BCUT2D eigenvalue weighted by Gasteiger charge is 2.24. The fourth-order valence-corrected chi connectivity index (χ4v) is 4.28. The van der Waals surface area contributed by atoms with Crippen LogP contribution in [0.25, 0.3) is 0 Å². The third kappa shape index (κ3) is 4.76. The molecule has 1 N–H and O–H groups in total. The van der Waals surface area contributed by atoms with Crippen molar-refractivity contribution in [3.05, 3.63) is 65.2 Å². The Kier molecular flexibility index (Phi) is 5.97. The molecule has 0 aliphatic carbocycles. The van der Waals surface area contributed by atoms with Gasteiger partial charge in [0.2, 0.25) is 10.0 Å². The van der Waals surface area contributed by atoms with Crippen LogP contribution in [0.5, 0.6) is 0 Å². The average Bonchev–Trinajstić information content (AvgIpc) is 2.67. The van der Waals surface area contributed by atoms with Gasteiger partial charge in [0.1, 0.15) is 0 Å². The van der Waals surface area contributed by atoms with Crippen LogP contribution in [0.15, 0.2) is 53.4 Å². The number of rotatable bonds is 5. The first-order chi connectivity index (χ1) is 12.9. The number of carbonyl (C=O) groups is 1. The van der Waals surface area contributed by atoms with Gasteiger partial charge in [0.25, 0.3) is 5.91 Å². The summed E-state index contributed by atoms with van der Waals surface area (Å²) in [5.41, 5.74) is 2.14. The van der Waals surface area contributed by atoms with Crippen LogP contribution in [-0.2, 0) is 16.6 Å². The number of aryl methyl sites for hydroxylation is 1. The van der Waals surface area contributed by atoms with Crippen molar-refractivity contribution in [2.75, 3.05) is 13.1 Å². The molecule has 144 valence electrons. The second-order valence-electron chi connectivity index (χ2n) is 7.26. The lowest BCUT2D eigenvalue weighted by molar-refractivity contribution is 0.0696. The molecule has 3 rings (SSSR count). The normalized spacial score (nSPS) is 15.7. The van der Waals surface area contributed by atoms with Gasteiger partial charge in [-0.15, -0.1) is 0 Å². The molecule has 1 aliphatic rings. The molecule has 0 bridgehead atoms. The zero-order valence-electron chi connectivity index (χ0n) is 15.8. The number of hydrogen-bond acceptors (Lipinski definition) is 3. The highest BCUT2D eigenvalue weighted by molar-refractivity contribution is 7.89. The molecule has 27 heavy (non-hydrogen) atoms. The van der Waals surface area contributed by atoms with E-state index < -0.39 is 10.0 Å². The van der Waals surface area contributed by atoms with Crippen LogP contribution in [0.2, 0.25) is 0 Å². The van der Waals surface area contributed by atoms with Crippen LogP contribution in [0, 0.1) is 12.8 Å². The molecule has 6 heteroatoms. The molecule has 5 nitrogen and oxygen atoms in total. The molecule has 1 saturated heterocycles. The maximum absolute atomic E-state index is 12.9. The molecule has 1 amide bonds. The van der Waals surface area contributed by atoms with Crippen LogP contribution in [0.1, 0.15) is 41.3 Å². The molecular weight excluding hydrogens is 360 g/mol. The van der Waals surface area contributed by atoms with Crippen molar-refractivity contribution in [3.63, 3.8) is 0 Å². The minimum atomic E-state index is -3.69. The molecular formula is C21H26N2O3S. The van der Waals surface area contributed by atoms with Crippen LogP contribution < -0.4 is 4.72 Å². The zero-order valence-corrected chi connectivity index (χ0v) is 16.6. The number of piperidine rings is 1. The van der Waals surface area contributed by atoms with E-state index in [0.29, 0.717) is 11.5 Å². The Bertz CT molecular complexity index is 902. The third-order valence-electron chi connectivity index (χ3n) is 5.13. The summed E-state index contributed by atoms with van der Waals surface area (Å²) in [6, 6.07) is 14.1. The summed E-state index contributed by atoms with van der Waals surface area (Å²) >= 11 is 0. The summed E-state index contributed by atoms with van der Waals surface area (Å²) < 4.78 is 28.0. The highest BCUT2D eigenvalue weighted by Crippen LogP contribution is 2.22. The SMILES string of the molecule is Cc1ccc(S(=O)(=O)NCc2ccccc2)cc1C(=O)N1CCC(C)CC1. The Morgan fingerprint density at radius 1 is 1.11 bits per heavy atom.